The third-order valence-electron chi connectivity index (χ3n) is 2.65. The van der Waals surface area contributed by atoms with Gasteiger partial charge in [-0.3, -0.25) is 4.68 Å². The van der Waals surface area contributed by atoms with E-state index in [1.807, 2.05) is 24.9 Å². The number of aryl methyl sites for hydroxylation is 1. The molecule has 0 saturated heterocycles. The van der Waals surface area contributed by atoms with E-state index in [1.165, 1.54) is 11.3 Å². The van der Waals surface area contributed by atoms with Crippen molar-refractivity contribution >= 4 is 0 Å². The summed E-state index contributed by atoms with van der Waals surface area (Å²) in [5.41, 5.74) is 2.37. The van der Waals surface area contributed by atoms with Crippen molar-refractivity contribution in [2.24, 2.45) is 7.05 Å². The Bertz CT molecular complexity index is 296. The van der Waals surface area contributed by atoms with Crippen LogP contribution in [-0.2, 0) is 13.6 Å². The molecule has 0 radical (unpaired) electrons. The number of hydrogen-bond acceptors (Lipinski definition) is 3. The Labute approximate surface area is 91.3 Å². The van der Waals surface area contributed by atoms with E-state index >= 15 is 0 Å². The fourth-order valence-electron chi connectivity index (χ4n) is 1.53. The summed E-state index contributed by atoms with van der Waals surface area (Å²) < 4.78 is 1.86. The third kappa shape index (κ3) is 3.64. The first-order valence-corrected chi connectivity index (χ1v) is 5.51. The van der Waals surface area contributed by atoms with Crippen LogP contribution in [0.15, 0.2) is 6.20 Å². The summed E-state index contributed by atoms with van der Waals surface area (Å²) >= 11 is 0. The van der Waals surface area contributed by atoms with Crippen LogP contribution in [0, 0.1) is 6.92 Å². The molecule has 86 valence electrons. The molecule has 0 aromatic carbocycles. The minimum atomic E-state index is -0.230. The zero-order valence-corrected chi connectivity index (χ0v) is 9.82. The standard InChI is InChI=1S/C11H21N3O/c1-4-5-11(15)8-12-6-10-7-13-14(3)9(10)2/h7,11-12,15H,4-6,8H2,1-3H3. The van der Waals surface area contributed by atoms with Crippen molar-refractivity contribution in [1.29, 1.82) is 0 Å². The van der Waals surface area contributed by atoms with Gasteiger partial charge in [-0.2, -0.15) is 5.10 Å². The normalized spacial score (nSPS) is 13.1. The number of aliphatic hydroxyl groups is 1. The molecule has 0 fully saturated rings. The van der Waals surface area contributed by atoms with E-state index in [4.69, 9.17) is 0 Å². The number of aromatic nitrogens is 2. The molecule has 15 heavy (non-hydrogen) atoms. The molecule has 4 nitrogen and oxygen atoms in total. The second-order valence-corrected chi connectivity index (χ2v) is 3.95. The maximum absolute atomic E-state index is 9.52. The predicted octanol–water partition coefficient (Wildman–Crippen LogP) is 0.979. The van der Waals surface area contributed by atoms with Crippen molar-refractivity contribution in [1.82, 2.24) is 15.1 Å². The minimum Gasteiger partial charge on any atom is -0.392 e. The van der Waals surface area contributed by atoms with Crippen molar-refractivity contribution in [2.45, 2.75) is 39.3 Å². The average molecular weight is 211 g/mol. The molecule has 1 aromatic heterocycles. The van der Waals surface area contributed by atoms with Crippen molar-refractivity contribution in [3.05, 3.63) is 17.5 Å². The molecule has 0 spiro atoms. The van der Waals surface area contributed by atoms with Gasteiger partial charge < -0.3 is 10.4 Å². The number of aliphatic hydroxyl groups excluding tert-OH is 1. The summed E-state index contributed by atoms with van der Waals surface area (Å²) in [6.07, 6.45) is 3.52. The average Bonchev–Trinajstić information content (AvgIpc) is 2.50. The largest absolute Gasteiger partial charge is 0.392 e. The zero-order chi connectivity index (χ0) is 11.3. The molecule has 0 aliphatic rings. The fraction of sp³-hybridized carbons (Fsp3) is 0.727. The summed E-state index contributed by atoms with van der Waals surface area (Å²) in [5, 5.41) is 16.9. The number of nitrogens with zero attached hydrogens (tertiary/aromatic N) is 2. The molecule has 2 N–H and O–H groups in total. The van der Waals surface area contributed by atoms with Gasteiger partial charge in [0.05, 0.1) is 12.3 Å². The Morgan fingerprint density at radius 2 is 2.33 bits per heavy atom. The van der Waals surface area contributed by atoms with Crippen LogP contribution in [0.3, 0.4) is 0 Å². The van der Waals surface area contributed by atoms with E-state index in [9.17, 15) is 5.11 Å². The molecule has 0 aliphatic heterocycles. The van der Waals surface area contributed by atoms with Crippen LogP contribution < -0.4 is 5.32 Å². The van der Waals surface area contributed by atoms with E-state index in [1.54, 1.807) is 0 Å². The van der Waals surface area contributed by atoms with Gasteiger partial charge in [0, 0.05) is 31.4 Å². The fourth-order valence-corrected chi connectivity index (χ4v) is 1.53. The summed E-state index contributed by atoms with van der Waals surface area (Å²) in [7, 11) is 1.94. The van der Waals surface area contributed by atoms with E-state index in [2.05, 4.69) is 17.3 Å². The lowest BCUT2D eigenvalue weighted by Crippen LogP contribution is -2.26. The lowest BCUT2D eigenvalue weighted by atomic mass is 10.2. The molecule has 4 heteroatoms. The van der Waals surface area contributed by atoms with Crippen LogP contribution in [-0.4, -0.2) is 27.5 Å². The highest BCUT2D eigenvalue weighted by Gasteiger charge is 2.05. The molecule has 0 saturated carbocycles. The van der Waals surface area contributed by atoms with Crippen molar-refractivity contribution in [2.75, 3.05) is 6.54 Å². The summed E-state index contributed by atoms with van der Waals surface area (Å²) in [5.74, 6) is 0. The Balaban J connectivity index is 2.29. The van der Waals surface area contributed by atoms with E-state index < -0.39 is 0 Å². The monoisotopic (exact) mass is 211 g/mol. The number of hydrogen-bond donors (Lipinski definition) is 2. The Hall–Kier alpha value is -0.870. The first-order valence-electron chi connectivity index (χ1n) is 5.51. The SMILES string of the molecule is CCCC(O)CNCc1cnn(C)c1C. The highest BCUT2D eigenvalue weighted by molar-refractivity contribution is 5.15. The summed E-state index contributed by atoms with van der Waals surface area (Å²) in [6.45, 7) is 5.56. The summed E-state index contributed by atoms with van der Waals surface area (Å²) in [6, 6.07) is 0. The second-order valence-electron chi connectivity index (χ2n) is 3.95. The van der Waals surface area contributed by atoms with Gasteiger partial charge in [0.2, 0.25) is 0 Å². The van der Waals surface area contributed by atoms with Crippen LogP contribution in [0.1, 0.15) is 31.0 Å². The van der Waals surface area contributed by atoms with Gasteiger partial charge in [0.15, 0.2) is 0 Å². The lowest BCUT2D eigenvalue weighted by Gasteiger charge is -2.10. The molecule has 1 atom stereocenters. The Morgan fingerprint density at radius 3 is 2.87 bits per heavy atom. The van der Waals surface area contributed by atoms with E-state index in [-0.39, 0.29) is 6.10 Å². The number of rotatable bonds is 6. The quantitative estimate of drug-likeness (QED) is 0.737. The number of nitrogens with one attached hydrogen (secondary N) is 1. The summed E-state index contributed by atoms with van der Waals surface area (Å²) in [4.78, 5) is 0. The smallest absolute Gasteiger partial charge is 0.0664 e. The maximum Gasteiger partial charge on any atom is 0.0664 e. The van der Waals surface area contributed by atoms with Crippen molar-refractivity contribution in [3.8, 4) is 0 Å². The van der Waals surface area contributed by atoms with Gasteiger partial charge in [-0.25, -0.2) is 0 Å². The Kier molecular flexibility index (Phi) is 4.78. The molecule has 0 aliphatic carbocycles. The molecule has 1 rings (SSSR count). The van der Waals surface area contributed by atoms with Gasteiger partial charge in [0.25, 0.3) is 0 Å². The Morgan fingerprint density at radius 1 is 1.60 bits per heavy atom. The minimum absolute atomic E-state index is 0.230. The first kappa shape index (κ1) is 12.2. The highest BCUT2D eigenvalue weighted by atomic mass is 16.3. The molecule has 1 aromatic rings. The van der Waals surface area contributed by atoms with Crippen molar-refractivity contribution < 1.29 is 5.11 Å². The molecule has 0 bridgehead atoms. The van der Waals surface area contributed by atoms with Crippen LogP contribution in [0.5, 0.6) is 0 Å². The van der Waals surface area contributed by atoms with E-state index in [0.29, 0.717) is 6.54 Å². The van der Waals surface area contributed by atoms with Gasteiger partial charge in [-0.05, 0) is 13.3 Å². The van der Waals surface area contributed by atoms with Crippen LogP contribution in [0.4, 0.5) is 0 Å². The van der Waals surface area contributed by atoms with Crippen LogP contribution in [0.2, 0.25) is 0 Å². The predicted molar refractivity (Wildman–Crippen MR) is 60.6 cm³/mol. The van der Waals surface area contributed by atoms with Gasteiger partial charge in [-0.1, -0.05) is 13.3 Å². The van der Waals surface area contributed by atoms with Gasteiger partial charge in [0.1, 0.15) is 0 Å². The van der Waals surface area contributed by atoms with Gasteiger partial charge in [-0.15, -0.1) is 0 Å². The van der Waals surface area contributed by atoms with Crippen LogP contribution in [0.25, 0.3) is 0 Å². The molecule has 0 amide bonds. The zero-order valence-electron chi connectivity index (χ0n) is 9.82. The van der Waals surface area contributed by atoms with Crippen molar-refractivity contribution in [3.63, 3.8) is 0 Å². The van der Waals surface area contributed by atoms with Gasteiger partial charge >= 0.3 is 0 Å². The lowest BCUT2D eigenvalue weighted by molar-refractivity contribution is 0.160. The maximum atomic E-state index is 9.52. The molecule has 1 heterocycles. The first-order chi connectivity index (χ1) is 7.15. The third-order valence-corrected chi connectivity index (χ3v) is 2.65. The van der Waals surface area contributed by atoms with E-state index in [0.717, 1.165) is 19.4 Å². The topological polar surface area (TPSA) is 50.1 Å². The second kappa shape index (κ2) is 5.88. The van der Waals surface area contributed by atoms with Crippen LogP contribution >= 0.6 is 0 Å². The molecular weight excluding hydrogens is 190 g/mol. The molecular formula is C11H21N3O. The molecule has 1 unspecified atom stereocenters. The highest BCUT2D eigenvalue weighted by Crippen LogP contribution is 2.04.